The van der Waals surface area contributed by atoms with Crippen molar-refractivity contribution in [3.63, 3.8) is 0 Å². The van der Waals surface area contributed by atoms with Crippen molar-refractivity contribution in [3.05, 3.63) is 28.2 Å². The lowest BCUT2D eigenvalue weighted by molar-refractivity contribution is 0.0213. The van der Waals surface area contributed by atoms with E-state index in [4.69, 9.17) is 24.9 Å². The first-order chi connectivity index (χ1) is 9.84. The van der Waals surface area contributed by atoms with E-state index in [-0.39, 0.29) is 23.7 Å². The molecule has 1 aromatic rings. The molecule has 0 atom stereocenters. The van der Waals surface area contributed by atoms with Gasteiger partial charge < -0.3 is 14.2 Å². The SMILES string of the molecule is COCCOCCOC(=O)c1cc(Br)cc(S(=O)(=O)Cl)c1. The van der Waals surface area contributed by atoms with Crippen molar-refractivity contribution >= 4 is 41.6 Å². The Balaban J connectivity index is 2.60. The van der Waals surface area contributed by atoms with Gasteiger partial charge in [0.25, 0.3) is 9.05 Å². The van der Waals surface area contributed by atoms with E-state index >= 15 is 0 Å². The second-order valence-corrected chi connectivity index (χ2v) is 7.34. The maximum absolute atomic E-state index is 11.8. The summed E-state index contributed by atoms with van der Waals surface area (Å²) in [6.07, 6.45) is 0. The summed E-state index contributed by atoms with van der Waals surface area (Å²) in [4.78, 5) is 11.6. The molecular formula is C12H14BrClO6S. The quantitative estimate of drug-likeness (QED) is 0.377. The molecule has 0 saturated heterocycles. The zero-order valence-corrected chi connectivity index (χ0v) is 14.3. The normalized spacial score (nSPS) is 11.4. The molecule has 21 heavy (non-hydrogen) atoms. The molecule has 1 rings (SSSR count). The van der Waals surface area contributed by atoms with Crippen molar-refractivity contribution in [2.45, 2.75) is 4.90 Å². The van der Waals surface area contributed by atoms with Crippen LogP contribution in [0.15, 0.2) is 27.6 Å². The third-order valence-electron chi connectivity index (χ3n) is 2.28. The van der Waals surface area contributed by atoms with E-state index in [1.807, 2.05) is 0 Å². The molecule has 0 bridgehead atoms. The highest BCUT2D eigenvalue weighted by Gasteiger charge is 2.16. The summed E-state index contributed by atoms with van der Waals surface area (Å²) in [5.74, 6) is -0.659. The fraction of sp³-hybridized carbons (Fsp3) is 0.417. The molecule has 0 aromatic heterocycles. The summed E-state index contributed by atoms with van der Waals surface area (Å²) in [6.45, 7) is 1.14. The number of carbonyl (C=O) groups excluding carboxylic acids is 1. The van der Waals surface area contributed by atoms with E-state index in [0.717, 1.165) is 6.07 Å². The lowest BCUT2D eigenvalue weighted by atomic mass is 10.2. The monoisotopic (exact) mass is 400 g/mol. The predicted molar refractivity (Wildman–Crippen MR) is 80.2 cm³/mol. The van der Waals surface area contributed by atoms with E-state index in [2.05, 4.69) is 15.9 Å². The minimum absolute atomic E-state index is 0.0536. The summed E-state index contributed by atoms with van der Waals surface area (Å²) >= 11 is 3.11. The highest BCUT2D eigenvalue weighted by atomic mass is 79.9. The fourth-order valence-corrected chi connectivity index (χ4v) is 2.79. The van der Waals surface area contributed by atoms with Crippen molar-refractivity contribution in [1.82, 2.24) is 0 Å². The van der Waals surface area contributed by atoms with Crippen LogP contribution in [0.1, 0.15) is 10.4 Å². The summed E-state index contributed by atoms with van der Waals surface area (Å²) < 4.78 is 37.9. The minimum Gasteiger partial charge on any atom is -0.460 e. The van der Waals surface area contributed by atoms with Crippen LogP contribution in [-0.4, -0.2) is 47.9 Å². The van der Waals surface area contributed by atoms with Gasteiger partial charge in [0.05, 0.1) is 30.3 Å². The van der Waals surface area contributed by atoms with Gasteiger partial charge in [0.15, 0.2) is 0 Å². The molecule has 0 unspecified atom stereocenters. The first kappa shape index (κ1) is 18.4. The van der Waals surface area contributed by atoms with Crippen molar-refractivity contribution in [2.24, 2.45) is 0 Å². The molecule has 0 spiro atoms. The molecule has 118 valence electrons. The second-order valence-electron chi connectivity index (χ2n) is 3.85. The second kappa shape index (κ2) is 8.70. The van der Waals surface area contributed by atoms with Crippen LogP contribution in [0.2, 0.25) is 0 Å². The highest BCUT2D eigenvalue weighted by Crippen LogP contribution is 2.22. The molecule has 0 amide bonds. The number of halogens is 2. The maximum Gasteiger partial charge on any atom is 0.338 e. The lowest BCUT2D eigenvalue weighted by Crippen LogP contribution is -2.13. The van der Waals surface area contributed by atoms with Gasteiger partial charge in [0.2, 0.25) is 0 Å². The molecule has 0 saturated carbocycles. The van der Waals surface area contributed by atoms with Crippen LogP contribution in [0.5, 0.6) is 0 Å². The zero-order valence-electron chi connectivity index (χ0n) is 11.2. The van der Waals surface area contributed by atoms with E-state index < -0.39 is 15.0 Å². The average molecular weight is 402 g/mol. The molecule has 0 fully saturated rings. The van der Waals surface area contributed by atoms with E-state index in [0.29, 0.717) is 17.7 Å². The molecule has 0 heterocycles. The largest absolute Gasteiger partial charge is 0.460 e. The average Bonchev–Trinajstić information content (AvgIpc) is 2.40. The number of ether oxygens (including phenoxy) is 3. The van der Waals surface area contributed by atoms with Crippen LogP contribution in [0.3, 0.4) is 0 Å². The van der Waals surface area contributed by atoms with Crippen molar-refractivity contribution < 1.29 is 27.4 Å². The van der Waals surface area contributed by atoms with E-state index in [1.165, 1.54) is 12.1 Å². The molecule has 0 radical (unpaired) electrons. The fourth-order valence-electron chi connectivity index (χ4n) is 1.34. The Kier molecular flexibility index (Phi) is 7.61. The molecule has 0 N–H and O–H groups in total. The summed E-state index contributed by atoms with van der Waals surface area (Å²) in [5, 5.41) is 0. The number of benzene rings is 1. The summed E-state index contributed by atoms with van der Waals surface area (Å²) in [5.41, 5.74) is 0.0838. The Labute approximate surface area is 135 Å². The predicted octanol–water partition coefficient (Wildman–Crippen LogP) is 2.20. The Hall–Kier alpha value is -0.670. The topological polar surface area (TPSA) is 78.9 Å². The Morgan fingerprint density at radius 1 is 1.19 bits per heavy atom. The van der Waals surface area contributed by atoms with Crippen LogP contribution >= 0.6 is 26.6 Å². The van der Waals surface area contributed by atoms with Gasteiger partial charge in [0, 0.05) is 22.3 Å². The van der Waals surface area contributed by atoms with Crippen LogP contribution in [-0.2, 0) is 23.3 Å². The molecule has 6 nitrogen and oxygen atoms in total. The summed E-state index contributed by atoms with van der Waals surface area (Å²) in [7, 11) is 2.88. The molecule has 1 aromatic carbocycles. The number of hydrogen-bond donors (Lipinski definition) is 0. The number of carbonyl (C=O) groups is 1. The van der Waals surface area contributed by atoms with Gasteiger partial charge in [0.1, 0.15) is 6.61 Å². The summed E-state index contributed by atoms with van der Waals surface area (Å²) in [6, 6.07) is 3.90. The Morgan fingerprint density at radius 3 is 2.48 bits per heavy atom. The van der Waals surface area contributed by atoms with E-state index in [9.17, 15) is 13.2 Å². The van der Waals surface area contributed by atoms with Gasteiger partial charge in [-0.15, -0.1) is 0 Å². The molecule has 0 aliphatic heterocycles. The number of methoxy groups -OCH3 is 1. The minimum atomic E-state index is -3.92. The van der Waals surface area contributed by atoms with Crippen molar-refractivity contribution in [3.8, 4) is 0 Å². The van der Waals surface area contributed by atoms with Crippen molar-refractivity contribution in [1.29, 1.82) is 0 Å². The first-order valence-electron chi connectivity index (χ1n) is 5.83. The Morgan fingerprint density at radius 2 is 1.86 bits per heavy atom. The molecule has 0 aliphatic rings. The number of esters is 1. The smallest absolute Gasteiger partial charge is 0.338 e. The molecular weight excluding hydrogens is 388 g/mol. The third-order valence-corrected chi connectivity index (χ3v) is 4.07. The highest BCUT2D eigenvalue weighted by molar-refractivity contribution is 9.10. The molecule has 9 heteroatoms. The van der Waals surface area contributed by atoms with Gasteiger partial charge in [-0.3, -0.25) is 0 Å². The molecule has 0 aliphatic carbocycles. The number of rotatable bonds is 8. The van der Waals surface area contributed by atoms with Gasteiger partial charge in [-0.1, -0.05) is 15.9 Å². The van der Waals surface area contributed by atoms with Gasteiger partial charge >= 0.3 is 5.97 Å². The van der Waals surface area contributed by atoms with Gasteiger partial charge in [-0.2, -0.15) is 0 Å². The Bertz CT molecular complexity index is 589. The number of hydrogen-bond acceptors (Lipinski definition) is 6. The zero-order chi connectivity index (χ0) is 15.9. The van der Waals surface area contributed by atoms with Crippen LogP contribution in [0.4, 0.5) is 0 Å². The lowest BCUT2D eigenvalue weighted by Gasteiger charge is -2.07. The van der Waals surface area contributed by atoms with Crippen LogP contribution in [0, 0.1) is 0 Å². The van der Waals surface area contributed by atoms with Crippen LogP contribution in [0.25, 0.3) is 0 Å². The van der Waals surface area contributed by atoms with Crippen molar-refractivity contribution in [2.75, 3.05) is 33.5 Å². The third kappa shape index (κ3) is 6.75. The van der Waals surface area contributed by atoms with E-state index in [1.54, 1.807) is 7.11 Å². The van der Waals surface area contributed by atoms with Crippen LogP contribution < -0.4 is 0 Å². The maximum atomic E-state index is 11.8. The standard InChI is InChI=1S/C12H14BrClO6S/c1-18-2-3-19-4-5-20-12(15)9-6-10(13)8-11(7-9)21(14,16)17/h6-8H,2-5H2,1H3. The van der Waals surface area contributed by atoms with Gasteiger partial charge in [-0.05, 0) is 18.2 Å². The first-order valence-corrected chi connectivity index (χ1v) is 8.94. The van der Waals surface area contributed by atoms with Gasteiger partial charge in [-0.25, -0.2) is 13.2 Å².